The normalized spacial score (nSPS) is 23.7. The van der Waals surface area contributed by atoms with Crippen LogP contribution in [0.1, 0.15) is 12.5 Å². The lowest BCUT2D eigenvalue weighted by molar-refractivity contribution is 0.322. The van der Waals surface area contributed by atoms with Crippen molar-refractivity contribution in [1.82, 2.24) is 10.9 Å². The summed E-state index contributed by atoms with van der Waals surface area (Å²) >= 11 is 12.2. The Labute approximate surface area is 181 Å². The highest BCUT2D eigenvalue weighted by Crippen LogP contribution is 2.45. The predicted octanol–water partition coefficient (Wildman–Crippen LogP) is 4.03. The molecule has 2 aliphatic heterocycles. The van der Waals surface area contributed by atoms with Crippen molar-refractivity contribution in [2.24, 2.45) is 0 Å². The van der Waals surface area contributed by atoms with Crippen molar-refractivity contribution in [2.75, 3.05) is 23.7 Å². The van der Waals surface area contributed by atoms with E-state index in [1.165, 1.54) is 14.5 Å². The van der Waals surface area contributed by atoms with Crippen LogP contribution in [-0.2, 0) is 0 Å². The van der Waals surface area contributed by atoms with Crippen molar-refractivity contribution in [3.05, 3.63) is 26.9 Å². The highest BCUT2D eigenvalue weighted by atomic mass is 127. The van der Waals surface area contributed by atoms with Gasteiger partial charge in [-0.1, -0.05) is 11.6 Å². The summed E-state index contributed by atoms with van der Waals surface area (Å²) in [6, 6.07) is 0.484. The monoisotopic (exact) mass is 606 g/mol. The molecule has 2 unspecified atom stereocenters. The molecule has 134 valence electrons. The van der Waals surface area contributed by atoms with Crippen molar-refractivity contribution < 1.29 is 4.39 Å². The van der Waals surface area contributed by atoms with Gasteiger partial charge in [0, 0.05) is 53.3 Å². The number of aromatic nitrogens is 2. The summed E-state index contributed by atoms with van der Waals surface area (Å²) in [6.45, 7) is 5.38. The van der Waals surface area contributed by atoms with Crippen molar-refractivity contribution >= 4 is 85.8 Å². The molecule has 10 heteroatoms. The van der Waals surface area contributed by atoms with Crippen LogP contribution >= 0.6 is 69.1 Å². The molecule has 0 saturated carbocycles. The van der Waals surface area contributed by atoms with Gasteiger partial charge in [0.1, 0.15) is 11.6 Å². The Bertz CT molecular complexity index is 956. The molecule has 0 amide bonds. The first kappa shape index (κ1) is 18.5. The first-order valence-corrected chi connectivity index (χ1v) is 11.0. The van der Waals surface area contributed by atoms with E-state index in [4.69, 9.17) is 11.6 Å². The van der Waals surface area contributed by atoms with Crippen LogP contribution < -0.4 is 10.6 Å². The fourth-order valence-corrected chi connectivity index (χ4v) is 6.26. The van der Waals surface area contributed by atoms with E-state index in [0.29, 0.717) is 33.2 Å². The van der Waals surface area contributed by atoms with E-state index in [0.717, 1.165) is 18.8 Å². The number of piperazine rings is 1. The SMILES string of the molecule is Cc1c(F)c2c3c(nc(=O)n(I)c3c1Cl)N1CC(C)N(I)CC1CS2. The van der Waals surface area contributed by atoms with Crippen LogP contribution in [0.4, 0.5) is 10.2 Å². The standard InChI is InChI=1S/C15H14ClFI2N4OS/c1-6-3-21-8(4-22(6)18)5-25-13-9-12(10(16)7(2)11(13)17)23(19)15(24)20-14(9)21/h6,8H,3-5H2,1-2H3. The number of hydrogen-bond donors (Lipinski definition) is 0. The van der Waals surface area contributed by atoms with E-state index in [1.54, 1.807) is 6.92 Å². The van der Waals surface area contributed by atoms with Crippen LogP contribution in [0.25, 0.3) is 10.9 Å². The molecule has 2 aromatic rings. The van der Waals surface area contributed by atoms with Crippen LogP contribution in [0, 0.1) is 12.7 Å². The third-order valence-corrected chi connectivity index (χ3v) is 8.70. The number of hydrogen-bond acceptors (Lipinski definition) is 5. The first-order chi connectivity index (χ1) is 11.8. The summed E-state index contributed by atoms with van der Waals surface area (Å²) in [5.74, 6) is 1.00. The Morgan fingerprint density at radius 2 is 2.08 bits per heavy atom. The van der Waals surface area contributed by atoms with Crippen molar-refractivity contribution in [2.45, 2.75) is 30.8 Å². The number of halogens is 4. The topological polar surface area (TPSA) is 41.4 Å². The fourth-order valence-electron chi connectivity index (χ4n) is 3.38. The molecule has 25 heavy (non-hydrogen) atoms. The van der Waals surface area contributed by atoms with E-state index >= 15 is 0 Å². The molecule has 0 bridgehead atoms. The third kappa shape index (κ3) is 2.79. The number of rotatable bonds is 0. The number of benzene rings is 1. The lowest BCUT2D eigenvalue weighted by Gasteiger charge is -2.42. The maximum atomic E-state index is 15.0. The second-order valence-electron chi connectivity index (χ2n) is 6.35. The van der Waals surface area contributed by atoms with E-state index in [-0.39, 0.29) is 22.6 Å². The molecule has 3 heterocycles. The maximum Gasteiger partial charge on any atom is 0.359 e. The Kier molecular flexibility index (Phi) is 4.92. The molecule has 1 saturated heterocycles. The molecular formula is C15H14ClFI2N4OS. The Morgan fingerprint density at radius 3 is 2.80 bits per heavy atom. The minimum Gasteiger partial charge on any atom is -0.349 e. The highest BCUT2D eigenvalue weighted by molar-refractivity contribution is 14.1. The van der Waals surface area contributed by atoms with E-state index in [9.17, 15) is 9.18 Å². The Hall–Kier alpha value is 0.150. The summed E-state index contributed by atoms with van der Waals surface area (Å²) < 4.78 is 18.7. The average Bonchev–Trinajstić information content (AvgIpc) is 2.71. The molecule has 0 N–H and O–H groups in total. The van der Waals surface area contributed by atoms with E-state index in [1.807, 2.05) is 22.9 Å². The second-order valence-corrected chi connectivity index (χ2v) is 9.97. The molecule has 5 nitrogen and oxygen atoms in total. The van der Waals surface area contributed by atoms with Gasteiger partial charge in [-0.2, -0.15) is 4.98 Å². The maximum absolute atomic E-state index is 15.0. The van der Waals surface area contributed by atoms with Gasteiger partial charge in [-0.25, -0.2) is 15.1 Å². The highest BCUT2D eigenvalue weighted by Gasteiger charge is 2.37. The molecule has 1 fully saturated rings. The summed E-state index contributed by atoms with van der Waals surface area (Å²) in [4.78, 5) is 19.5. The summed E-state index contributed by atoms with van der Waals surface area (Å²) in [7, 11) is 0. The van der Waals surface area contributed by atoms with Crippen molar-refractivity contribution in [3.8, 4) is 0 Å². The van der Waals surface area contributed by atoms with Gasteiger partial charge in [-0.3, -0.25) is 0 Å². The number of thioether (sulfide) groups is 1. The lowest BCUT2D eigenvalue weighted by Crippen LogP contribution is -2.55. The van der Waals surface area contributed by atoms with Crippen LogP contribution in [0.2, 0.25) is 5.02 Å². The number of fused-ring (bicyclic) bond motifs is 2. The quantitative estimate of drug-likeness (QED) is 0.335. The smallest absolute Gasteiger partial charge is 0.349 e. The van der Waals surface area contributed by atoms with Crippen LogP contribution in [-0.4, -0.2) is 41.8 Å². The van der Waals surface area contributed by atoms with Gasteiger partial charge in [-0.05, 0) is 13.8 Å². The average molecular weight is 607 g/mol. The van der Waals surface area contributed by atoms with E-state index in [2.05, 4.69) is 42.8 Å². The minimum atomic E-state index is -0.378. The number of anilines is 1. The lowest BCUT2D eigenvalue weighted by atomic mass is 10.1. The van der Waals surface area contributed by atoms with Crippen LogP contribution in [0.5, 0.6) is 0 Å². The zero-order chi connectivity index (χ0) is 18.0. The molecule has 4 rings (SSSR count). The van der Waals surface area contributed by atoms with Gasteiger partial charge in [0.2, 0.25) is 0 Å². The molecule has 1 aromatic carbocycles. The minimum absolute atomic E-state index is 0.171. The molecular weight excluding hydrogens is 593 g/mol. The van der Waals surface area contributed by atoms with Gasteiger partial charge in [0.05, 0.1) is 49.7 Å². The molecule has 0 radical (unpaired) electrons. The molecule has 2 aliphatic rings. The molecule has 0 aliphatic carbocycles. The first-order valence-electron chi connectivity index (χ1n) is 7.73. The van der Waals surface area contributed by atoms with Crippen molar-refractivity contribution in [3.63, 3.8) is 0 Å². The molecule has 2 atom stereocenters. The van der Waals surface area contributed by atoms with Gasteiger partial charge < -0.3 is 4.90 Å². The zero-order valence-corrected chi connectivity index (χ0v) is 19.3. The largest absolute Gasteiger partial charge is 0.359 e. The van der Waals surface area contributed by atoms with Crippen LogP contribution in [0.15, 0.2) is 9.69 Å². The summed E-state index contributed by atoms with van der Waals surface area (Å²) in [6.07, 6.45) is 0. The summed E-state index contributed by atoms with van der Waals surface area (Å²) in [5, 5.41) is 0.940. The predicted molar refractivity (Wildman–Crippen MR) is 117 cm³/mol. The van der Waals surface area contributed by atoms with Crippen LogP contribution in [0.3, 0.4) is 0 Å². The third-order valence-electron chi connectivity index (χ3n) is 4.78. The summed E-state index contributed by atoms with van der Waals surface area (Å²) in [5.41, 5.74) is 0.559. The molecule has 0 spiro atoms. The fraction of sp³-hybridized carbons (Fsp3) is 0.467. The van der Waals surface area contributed by atoms with Crippen molar-refractivity contribution in [1.29, 1.82) is 0 Å². The second kappa shape index (κ2) is 6.64. The Balaban J connectivity index is 2.09. The van der Waals surface area contributed by atoms with Gasteiger partial charge in [0.25, 0.3) is 0 Å². The van der Waals surface area contributed by atoms with E-state index < -0.39 is 0 Å². The molecule has 1 aromatic heterocycles. The Morgan fingerprint density at radius 1 is 1.36 bits per heavy atom. The van der Waals surface area contributed by atoms with Gasteiger partial charge in [0.15, 0.2) is 0 Å². The van der Waals surface area contributed by atoms with Gasteiger partial charge in [-0.15, -0.1) is 11.8 Å². The zero-order valence-electron chi connectivity index (χ0n) is 13.4. The van der Waals surface area contributed by atoms with Gasteiger partial charge >= 0.3 is 5.69 Å². The number of nitrogens with zero attached hydrogens (tertiary/aromatic N) is 4.